The molecule has 0 aliphatic carbocycles. The van der Waals surface area contributed by atoms with Gasteiger partial charge in [-0.3, -0.25) is 0 Å². The number of rotatable bonds is 3. The maximum absolute atomic E-state index is 6.18. The zero-order valence-electron chi connectivity index (χ0n) is 9.40. The molecule has 2 N–H and O–H groups in total. The molecular formula is C11H18N4. The fraction of sp³-hybridized carbons (Fsp3) is 0.636. The van der Waals surface area contributed by atoms with Gasteiger partial charge >= 0.3 is 0 Å². The van der Waals surface area contributed by atoms with Crippen LogP contribution in [-0.4, -0.2) is 28.8 Å². The van der Waals surface area contributed by atoms with Crippen molar-refractivity contribution in [2.45, 2.75) is 32.2 Å². The quantitative estimate of drug-likeness (QED) is 0.804. The van der Waals surface area contributed by atoms with E-state index < -0.39 is 0 Å². The summed E-state index contributed by atoms with van der Waals surface area (Å²) >= 11 is 0. The zero-order chi connectivity index (χ0) is 10.9. The second kappa shape index (κ2) is 3.77. The smallest absolute Gasteiger partial charge is 0.151 e. The van der Waals surface area contributed by atoms with Gasteiger partial charge in [0.15, 0.2) is 5.82 Å². The summed E-state index contributed by atoms with van der Waals surface area (Å²) in [6, 6.07) is 3.99. The molecule has 0 aromatic carbocycles. The van der Waals surface area contributed by atoms with Crippen LogP contribution < -0.4 is 10.6 Å². The average molecular weight is 206 g/mol. The lowest BCUT2D eigenvalue weighted by Gasteiger charge is -2.48. The fourth-order valence-electron chi connectivity index (χ4n) is 2.09. The number of anilines is 1. The molecule has 4 nitrogen and oxygen atoms in total. The Bertz CT molecular complexity index is 327. The van der Waals surface area contributed by atoms with Crippen LogP contribution in [0.15, 0.2) is 12.1 Å². The molecular weight excluding hydrogens is 188 g/mol. The van der Waals surface area contributed by atoms with E-state index in [1.165, 1.54) is 0 Å². The first-order chi connectivity index (χ1) is 7.13. The van der Waals surface area contributed by atoms with Gasteiger partial charge in [-0.05, 0) is 25.5 Å². The van der Waals surface area contributed by atoms with Gasteiger partial charge in [0.05, 0.1) is 11.2 Å². The molecule has 15 heavy (non-hydrogen) atoms. The van der Waals surface area contributed by atoms with Gasteiger partial charge in [-0.1, -0.05) is 13.3 Å². The molecule has 2 rings (SSSR count). The molecule has 2 heterocycles. The van der Waals surface area contributed by atoms with Gasteiger partial charge < -0.3 is 10.6 Å². The van der Waals surface area contributed by atoms with Crippen LogP contribution in [0.5, 0.6) is 0 Å². The summed E-state index contributed by atoms with van der Waals surface area (Å²) in [5, 5.41) is 8.19. The van der Waals surface area contributed by atoms with Crippen LogP contribution in [0.4, 0.5) is 5.82 Å². The van der Waals surface area contributed by atoms with Crippen LogP contribution in [-0.2, 0) is 0 Å². The maximum Gasteiger partial charge on any atom is 0.151 e. The molecule has 1 aromatic heterocycles. The lowest BCUT2D eigenvalue weighted by Crippen LogP contribution is -2.67. The molecule has 82 valence electrons. The number of nitrogens with zero attached hydrogens (tertiary/aromatic N) is 3. The van der Waals surface area contributed by atoms with E-state index in [4.69, 9.17) is 5.73 Å². The average Bonchev–Trinajstić information content (AvgIpc) is 2.16. The predicted octanol–water partition coefficient (Wildman–Crippen LogP) is 1.10. The molecule has 1 aromatic rings. The highest BCUT2D eigenvalue weighted by Crippen LogP contribution is 2.27. The summed E-state index contributed by atoms with van der Waals surface area (Å²) in [6.07, 6.45) is 2.23. The van der Waals surface area contributed by atoms with Crippen molar-refractivity contribution in [2.75, 3.05) is 18.0 Å². The van der Waals surface area contributed by atoms with Gasteiger partial charge in [-0.2, -0.15) is 5.10 Å². The first kappa shape index (κ1) is 10.4. The first-order valence-corrected chi connectivity index (χ1v) is 5.47. The van der Waals surface area contributed by atoms with E-state index in [0.717, 1.165) is 37.4 Å². The molecule has 0 amide bonds. The van der Waals surface area contributed by atoms with Crippen molar-refractivity contribution in [3.05, 3.63) is 17.8 Å². The Labute approximate surface area is 90.5 Å². The third-order valence-corrected chi connectivity index (χ3v) is 2.87. The van der Waals surface area contributed by atoms with E-state index >= 15 is 0 Å². The molecule has 1 aliphatic rings. The number of nitrogens with two attached hydrogens (primary N) is 1. The Morgan fingerprint density at radius 1 is 1.40 bits per heavy atom. The van der Waals surface area contributed by atoms with Gasteiger partial charge in [-0.15, -0.1) is 5.10 Å². The van der Waals surface area contributed by atoms with Gasteiger partial charge in [0.25, 0.3) is 0 Å². The Hall–Kier alpha value is -1.16. The predicted molar refractivity (Wildman–Crippen MR) is 60.8 cm³/mol. The molecule has 0 atom stereocenters. The summed E-state index contributed by atoms with van der Waals surface area (Å²) in [5.74, 6) is 0.942. The molecule has 0 unspecified atom stereocenters. The molecule has 4 heteroatoms. The van der Waals surface area contributed by atoms with Crippen LogP contribution in [0.3, 0.4) is 0 Å². The fourth-order valence-corrected chi connectivity index (χ4v) is 2.09. The van der Waals surface area contributed by atoms with Gasteiger partial charge in [-0.25, -0.2) is 0 Å². The van der Waals surface area contributed by atoms with E-state index in [-0.39, 0.29) is 5.54 Å². The normalized spacial score (nSPS) is 18.7. The Kier molecular flexibility index (Phi) is 2.61. The standard InChI is InChI=1S/C11H18N4/c1-3-6-11(12)7-15(8-11)10-5-4-9(2)13-14-10/h4-5H,3,6-8,12H2,1-2H3. The summed E-state index contributed by atoms with van der Waals surface area (Å²) < 4.78 is 0. The van der Waals surface area contributed by atoms with Crippen LogP contribution in [0, 0.1) is 6.92 Å². The van der Waals surface area contributed by atoms with Crippen molar-refractivity contribution >= 4 is 5.82 Å². The zero-order valence-corrected chi connectivity index (χ0v) is 9.40. The lowest BCUT2D eigenvalue weighted by atomic mass is 9.86. The van der Waals surface area contributed by atoms with E-state index in [0.29, 0.717) is 0 Å². The monoisotopic (exact) mass is 206 g/mol. The second-order valence-corrected chi connectivity index (χ2v) is 4.50. The number of aromatic nitrogens is 2. The summed E-state index contributed by atoms with van der Waals surface area (Å²) in [4.78, 5) is 2.18. The third-order valence-electron chi connectivity index (χ3n) is 2.87. The van der Waals surface area contributed by atoms with E-state index in [9.17, 15) is 0 Å². The largest absolute Gasteiger partial charge is 0.351 e. The highest BCUT2D eigenvalue weighted by molar-refractivity contribution is 5.43. The lowest BCUT2D eigenvalue weighted by molar-refractivity contribution is 0.305. The van der Waals surface area contributed by atoms with Crippen molar-refractivity contribution < 1.29 is 0 Å². The summed E-state index contributed by atoms with van der Waals surface area (Å²) in [5.41, 5.74) is 7.13. The molecule has 0 spiro atoms. The Morgan fingerprint density at radius 2 is 2.13 bits per heavy atom. The highest BCUT2D eigenvalue weighted by atomic mass is 15.3. The van der Waals surface area contributed by atoms with Crippen molar-refractivity contribution in [1.82, 2.24) is 10.2 Å². The van der Waals surface area contributed by atoms with Crippen LogP contribution in [0.2, 0.25) is 0 Å². The number of hydrogen-bond acceptors (Lipinski definition) is 4. The van der Waals surface area contributed by atoms with Gasteiger partial charge in [0, 0.05) is 13.1 Å². The second-order valence-electron chi connectivity index (χ2n) is 4.50. The number of aryl methyl sites for hydroxylation is 1. The van der Waals surface area contributed by atoms with E-state index in [1.807, 2.05) is 19.1 Å². The third kappa shape index (κ3) is 2.09. The Balaban J connectivity index is 1.97. The Morgan fingerprint density at radius 3 is 2.67 bits per heavy atom. The molecule has 1 fully saturated rings. The maximum atomic E-state index is 6.18. The number of hydrogen-bond donors (Lipinski definition) is 1. The molecule has 0 radical (unpaired) electrons. The summed E-state index contributed by atoms with van der Waals surface area (Å²) in [7, 11) is 0. The van der Waals surface area contributed by atoms with Crippen molar-refractivity contribution in [1.29, 1.82) is 0 Å². The van der Waals surface area contributed by atoms with Gasteiger partial charge in [0.2, 0.25) is 0 Å². The molecule has 0 saturated carbocycles. The van der Waals surface area contributed by atoms with Gasteiger partial charge in [0.1, 0.15) is 0 Å². The van der Waals surface area contributed by atoms with Crippen LogP contribution >= 0.6 is 0 Å². The van der Waals surface area contributed by atoms with E-state index in [1.54, 1.807) is 0 Å². The first-order valence-electron chi connectivity index (χ1n) is 5.47. The van der Waals surface area contributed by atoms with Crippen molar-refractivity contribution in [3.63, 3.8) is 0 Å². The molecule has 1 aliphatic heterocycles. The minimum absolute atomic E-state index is 0.00131. The SMILES string of the molecule is CCCC1(N)CN(c2ccc(C)nn2)C1. The minimum Gasteiger partial charge on any atom is -0.351 e. The summed E-state index contributed by atoms with van der Waals surface area (Å²) in [6.45, 7) is 5.91. The molecule has 1 saturated heterocycles. The van der Waals surface area contributed by atoms with Crippen molar-refractivity contribution in [2.24, 2.45) is 5.73 Å². The van der Waals surface area contributed by atoms with Crippen molar-refractivity contribution in [3.8, 4) is 0 Å². The minimum atomic E-state index is 0.00131. The van der Waals surface area contributed by atoms with Crippen LogP contribution in [0.1, 0.15) is 25.5 Å². The highest BCUT2D eigenvalue weighted by Gasteiger charge is 2.39. The topological polar surface area (TPSA) is 55.0 Å². The molecule has 0 bridgehead atoms. The van der Waals surface area contributed by atoms with Crippen LogP contribution in [0.25, 0.3) is 0 Å². The van der Waals surface area contributed by atoms with E-state index in [2.05, 4.69) is 22.0 Å².